The third-order valence-corrected chi connectivity index (χ3v) is 5.28. The van der Waals surface area contributed by atoms with Gasteiger partial charge in [0.25, 0.3) is 0 Å². The van der Waals surface area contributed by atoms with Crippen LogP contribution in [0.5, 0.6) is 5.75 Å². The zero-order chi connectivity index (χ0) is 21.2. The number of nitrogens with one attached hydrogen (secondary N) is 1. The van der Waals surface area contributed by atoms with Gasteiger partial charge in [-0.1, -0.05) is 24.3 Å². The van der Waals surface area contributed by atoms with Crippen LogP contribution in [0.2, 0.25) is 0 Å². The van der Waals surface area contributed by atoms with E-state index >= 15 is 0 Å². The van der Waals surface area contributed by atoms with Crippen molar-refractivity contribution in [3.63, 3.8) is 0 Å². The summed E-state index contributed by atoms with van der Waals surface area (Å²) in [6, 6.07) is 13.9. The molecule has 2 amide bonds. The predicted octanol–water partition coefficient (Wildman–Crippen LogP) is 3.05. The second-order valence-electron chi connectivity index (χ2n) is 7.57. The fourth-order valence-electron chi connectivity index (χ4n) is 3.31. The number of hydrogen-bond donors (Lipinski definition) is 2. The molecule has 1 heterocycles. The van der Waals surface area contributed by atoms with Crippen LogP contribution < -0.4 is 15.0 Å². The van der Waals surface area contributed by atoms with Gasteiger partial charge in [0.05, 0.1) is 24.1 Å². The van der Waals surface area contributed by atoms with E-state index in [-0.39, 0.29) is 24.8 Å². The van der Waals surface area contributed by atoms with E-state index in [1.54, 1.807) is 62.3 Å². The first-order valence-corrected chi connectivity index (χ1v) is 9.32. The number of aliphatic carboxylic acids is 1. The number of carbonyl (C=O) groups excluding carboxylic acids is 2. The summed E-state index contributed by atoms with van der Waals surface area (Å²) in [6.07, 6.45) is 0.119. The standard InChI is InChI=1S/C22H24N2O5/c1-22(2,21(27)28)15-8-10-16(11-9-15)23-20(26)14-12-19(25)24(13-14)17-6-4-5-7-18(17)29-3/h4-11,14H,12-13H2,1-3H3,(H,23,26)(H,27,28). The SMILES string of the molecule is COc1ccccc1N1CC(C(=O)Nc2ccc(C(C)(C)C(=O)O)cc2)CC1=O. The quantitative estimate of drug-likeness (QED) is 0.782. The van der Waals surface area contributed by atoms with Crippen molar-refractivity contribution < 1.29 is 24.2 Å². The van der Waals surface area contributed by atoms with Crippen molar-refractivity contribution in [3.8, 4) is 5.75 Å². The molecule has 0 radical (unpaired) electrons. The van der Waals surface area contributed by atoms with E-state index in [0.717, 1.165) is 0 Å². The first-order valence-electron chi connectivity index (χ1n) is 9.32. The molecule has 1 saturated heterocycles. The fourth-order valence-corrected chi connectivity index (χ4v) is 3.31. The molecule has 0 aliphatic carbocycles. The van der Waals surface area contributed by atoms with Gasteiger partial charge < -0.3 is 20.1 Å². The molecule has 1 atom stereocenters. The molecule has 7 heteroatoms. The van der Waals surface area contributed by atoms with Crippen molar-refractivity contribution >= 4 is 29.2 Å². The summed E-state index contributed by atoms with van der Waals surface area (Å²) in [4.78, 5) is 38.1. The van der Waals surface area contributed by atoms with Gasteiger partial charge in [-0.3, -0.25) is 14.4 Å². The molecule has 7 nitrogen and oxygen atoms in total. The van der Waals surface area contributed by atoms with Crippen LogP contribution in [0.4, 0.5) is 11.4 Å². The Morgan fingerprint density at radius 2 is 1.79 bits per heavy atom. The molecule has 0 saturated carbocycles. The molecule has 0 bridgehead atoms. The molecule has 3 rings (SSSR count). The number of rotatable bonds is 6. The maximum absolute atomic E-state index is 12.7. The zero-order valence-electron chi connectivity index (χ0n) is 16.6. The predicted molar refractivity (Wildman–Crippen MR) is 109 cm³/mol. The van der Waals surface area contributed by atoms with Gasteiger partial charge in [-0.15, -0.1) is 0 Å². The topological polar surface area (TPSA) is 95.9 Å². The Bertz CT molecular complexity index is 936. The highest BCUT2D eigenvalue weighted by Gasteiger charge is 2.36. The van der Waals surface area contributed by atoms with Crippen molar-refractivity contribution in [1.29, 1.82) is 0 Å². The summed E-state index contributed by atoms with van der Waals surface area (Å²) < 4.78 is 5.32. The van der Waals surface area contributed by atoms with Gasteiger partial charge >= 0.3 is 5.97 Å². The molecular weight excluding hydrogens is 372 g/mol. The van der Waals surface area contributed by atoms with Crippen LogP contribution in [-0.2, 0) is 19.8 Å². The van der Waals surface area contributed by atoms with Crippen LogP contribution >= 0.6 is 0 Å². The minimum Gasteiger partial charge on any atom is -0.495 e. The zero-order valence-corrected chi connectivity index (χ0v) is 16.6. The summed E-state index contributed by atoms with van der Waals surface area (Å²) >= 11 is 0. The summed E-state index contributed by atoms with van der Waals surface area (Å²) in [5, 5.41) is 12.1. The Labute approximate surface area is 169 Å². The molecule has 1 fully saturated rings. The fraction of sp³-hybridized carbons (Fsp3) is 0.318. The molecule has 0 spiro atoms. The Kier molecular flexibility index (Phi) is 5.59. The Balaban J connectivity index is 1.69. The molecule has 29 heavy (non-hydrogen) atoms. The molecule has 2 aromatic rings. The average Bonchev–Trinajstić information content (AvgIpc) is 3.10. The van der Waals surface area contributed by atoms with E-state index in [1.165, 1.54) is 0 Å². The highest BCUT2D eigenvalue weighted by Crippen LogP contribution is 2.33. The number of benzene rings is 2. The maximum atomic E-state index is 12.7. The van der Waals surface area contributed by atoms with Crippen LogP contribution in [0.3, 0.4) is 0 Å². The van der Waals surface area contributed by atoms with Crippen LogP contribution in [0.1, 0.15) is 25.8 Å². The lowest BCUT2D eigenvalue weighted by Gasteiger charge is -2.20. The second-order valence-corrected chi connectivity index (χ2v) is 7.57. The molecule has 152 valence electrons. The Morgan fingerprint density at radius 1 is 1.14 bits per heavy atom. The molecular formula is C22H24N2O5. The number of carboxylic acids is 1. The summed E-state index contributed by atoms with van der Waals surface area (Å²) in [5.74, 6) is -1.20. The van der Waals surface area contributed by atoms with Crippen molar-refractivity contribution in [2.75, 3.05) is 23.9 Å². The summed E-state index contributed by atoms with van der Waals surface area (Å²) in [7, 11) is 1.54. The third kappa shape index (κ3) is 4.08. The molecule has 1 aliphatic rings. The number of hydrogen-bond acceptors (Lipinski definition) is 4. The van der Waals surface area contributed by atoms with Crippen LogP contribution in [0, 0.1) is 5.92 Å². The summed E-state index contributed by atoms with van der Waals surface area (Å²) in [5.41, 5.74) is 0.829. The molecule has 0 aromatic heterocycles. The third-order valence-electron chi connectivity index (χ3n) is 5.28. The van der Waals surface area contributed by atoms with E-state index in [1.807, 2.05) is 12.1 Å². The van der Waals surface area contributed by atoms with Crippen LogP contribution in [-0.4, -0.2) is 36.5 Å². The first-order chi connectivity index (χ1) is 13.7. The van der Waals surface area contributed by atoms with E-state index in [4.69, 9.17) is 4.74 Å². The molecule has 2 aromatic carbocycles. The highest BCUT2D eigenvalue weighted by molar-refractivity contribution is 6.04. The van der Waals surface area contributed by atoms with Gasteiger partial charge in [0.2, 0.25) is 11.8 Å². The van der Waals surface area contributed by atoms with Gasteiger partial charge in [-0.05, 0) is 43.7 Å². The van der Waals surface area contributed by atoms with E-state index in [2.05, 4.69) is 5.32 Å². The lowest BCUT2D eigenvalue weighted by atomic mass is 9.85. The summed E-state index contributed by atoms with van der Waals surface area (Å²) in [6.45, 7) is 3.52. The largest absolute Gasteiger partial charge is 0.495 e. The molecule has 1 unspecified atom stereocenters. The van der Waals surface area contributed by atoms with Crippen molar-refractivity contribution in [2.45, 2.75) is 25.7 Å². The Morgan fingerprint density at radius 3 is 2.41 bits per heavy atom. The number of carbonyl (C=O) groups is 3. The second kappa shape index (κ2) is 7.95. The van der Waals surface area contributed by atoms with Gasteiger partial charge in [0.15, 0.2) is 0 Å². The van der Waals surface area contributed by atoms with Gasteiger partial charge in [0.1, 0.15) is 5.75 Å². The minimum atomic E-state index is -1.02. The van der Waals surface area contributed by atoms with Gasteiger partial charge in [0, 0.05) is 18.7 Å². The normalized spacial score (nSPS) is 16.6. The molecule has 2 N–H and O–H groups in total. The number of nitrogens with zero attached hydrogens (tertiary/aromatic N) is 1. The minimum absolute atomic E-state index is 0.119. The van der Waals surface area contributed by atoms with Gasteiger partial charge in [-0.25, -0.2) is 0 Å². The number of para-hydroxylation sites is 2. The number of carboxylic acid groups (broad SMARTS) is 1. The molecule has 1 aliphatic heterocycles. The Hall–Kier alpha value is -3.35. The average molecular weight is 396 g/mol. The number of anilines is 2. The van der Waals surface area contributed by atoms with Gasteiger partial charge in [-0.2, -0.15) is 0 Å². The first kappa shape index (κ1) is 20.4. The number of methoxy groups -OCH3 is 1. The van der Waals surface area contributed by atoms with Crippen molar-refractivity contribution in [3.05, 3.63) is 54.1 Å². The number of amides is 2. The lowest BCUT2D eigenvalue weighted by Crippen LogP contribution is -2.29. The van der Waals surface area contributed by atoms with Crippen molar-refractivity contribution in [2.24, 2.45) is 5.92 Å². The lowest BCUT2D eigenvalue weighted by molar-refractivity contribution is -0.142. The smallest absolute Gasteiger partial charge is 0.313 e. The van der Waals surface area contributed by atoms with E-state index < -0.39 is 17.3 Å². The van der Waals surface area contributed by atoms with Crippen LogP contribution in [0.25, 0.3) is 0 Å². The van der Waals surface area contributed by atoms with E-state index in [0.29, 0.717) is 22.7 Å². The monoisotopic (exact) mass is 396 g/mol. The van der Waals surface area contributed by atoms with Crippen LogP contribution in [0.15, 0.2) is 48.5 Å². The van der Waals surface area contributed by atoms with Crippen molar-refractivity contribution in [1.82, 2.24) is 0 Å². The maximum Gasteiger partial charge on any atom is 0.313 e. The van der Waals surface area contributed by atoms with E-state index in [9.17, 15) is 19.5 Å². The highest BCUT2D eigenvalue weighted by atomic mass is 16.5. The number of ether oxygens (including phenoxy) is 1.